The van der Waals surface area contributed by atoms with Crippen LogP contribution in [0.3, 0.4) is 0 Å². The minimum absolute atomic E-state index is 0.0672. The zero-order valence-electron chi connectivity index (χ0n) is 28.2. The van der Waals surface area contributed by atoms with Gasteiger partial charge in [0.05, 0.1) is 17.7 Å². The summed E-state index contributed by atoms with van der Waals surface area (Å²) in [5, 5.41) is 25.4. The number of rotatable bonds is 8. The van der Waals surface area contributed by atoms with Crippen LogP contribution in [0.15, 0.2) is 112 Å². The summed E-state index contributed by atoms with van der Waals surface area (Å²) in [6.07, 6.45) is 0.0672. The summed E-state index contributed by atoms with van der Waals surface area (Å²) < 4.78 is 245. The van der Waals surface area contributed by atoms with Crippen LogP contribution in [0.4, 0.5) is 77.7 Å². The second-order valence-corrected chi connectivity index (χ2v) is 23.9. The smallest absolute Gasteiger partial charge is 0.335 e. The van der Waals surface area contributed by atoms with E-state index in [1.165, 1.54) is 0 Å². The van der Waals surface area contributed by atoms with Crippen molar-refractivity contribution in [2.75, 3.05) is 0 Å². The van der Waals surface area contributed by atoms with E-state index in [1.54, 1.807) is 0 Å². The highest BCUT2D eigenvalue weighted by molar-refractivity contribution is 9.11. The molecule has 61 heavy (non-hydrogen) atoms. The van der Waals surface area contributed by atoms with Crippen LogP contribution >= 0.6 is 88.7 Å². The van der Waals surface area contributed by atoms with Crippen LogP contribution in [0.1, 0.15) is 36.6 Å². The third-order valence-corrected chi connectivity index (χ3v) is 12.0. The quantitative estimate of drug-likeness (QED) is 0.120. The molecule has 4 aromatic carbocycles. The van der Waals surface area contributed by atoms with Crippen LogP contribution in [0, 0.1) is 0 Å². The van der Waals surface area contributed by atoms with Gasteiger partial charge >= 0.3 is 52.8 Å². The van der Waals surface area contributed by atoms with Crippen LogP contribution in [-0.2, 0) is 6.61 Å². The number of aromatic carboxylic acids is 2. The number of benzene rings is 4. The molecule has 0 radical (unpaired) electrons. The molecule has 0 fully saturated rings. The van der Waals surface area contributed by atoms with Gasteiger partial charge in [0.25, 0.3) is 0 Å². The second kappa shape index (κ2) is 14.5. The first kappa shape index (κ1) is 55.9. The molecule has 0 aliphatic rings. The van der Waals surface area contributed by atoms with Crippen molar-refractivity contribution in [2.45, 2.75) is 26.2 Å². The Morgan fingerprint density at radius 2 is 0.803 bits per heavy atom. The van der Waals surface area contributed by atoms with E-state index in [4.69, 9.17) is 15.3 Å². The molecule has 0 saturated carbocycles. The van der Waals surface area contributed by atoms with Gasteiger partial charge < -0.3 is 15.3 Å². The third kappa shape index (κ3) is 19.0. The fraction of sp³-hybridized carbons (Fsp3) is 0.0357. The highest BCUT2D eigenvalue weighted by Crippen LogP contribution is 3.04. The minimum Gasteiger partial charge on any atom is -0.478 e. The fourth-order valence-corrected chi connectivity index (χ4v) is 8.40. The first-order valence-corrected chi connectivity index (χ1v) is 24.2. The number of halogens is 23. The molecule has 0 aliphatic heterocycles. The lowest BCUT2D eigenvalue weighted by Gasteiger charge is -2.40. The summed E-state index contributed by atoms with van der Waals surface area (Å²) >= 11 is 7.83. The van der Waals surface area contributed by atoms with Gasteiger partial charge in [-0.2, -0.15) is 0 Å². The summed E-state index contributed by atoms with van der Waals surface area (Å²) in [6.45, 7) is -0.736. The van der Waals surface area contributed by atoms with E-state index >= 15 is 0 Å². The van der Waals surface area contributed by atoms with E-state index < -0.39 is 95.7 Å². The number of aliphatic hydroxyl groups excluding tert-OH is 1. The summed E-state index contributed by atoms with van der Waals surface area (Å²) in [6, 6.07) is 5.40. The van der Waals surface area contributed by atoms with E-state index in [0.29, 0.717) is 12.1 Å². The molecule has 0 unspecified atom stereocenters. The molecule has 0 aromatic heterocycles. The van der Waals surface area contributed by atoms with E-state index in [9.17, 15) is 92.1 Å². The molecule has 0 saturated heterocycles. The van der Waals surface area contributed by atoms with Crippen LogP contribution in [-0.4, -0.2) is 33.5 Å². The molecule has 352 valence electrons. The number of aliphatic hydroxyl groups is 1. The first-order valence-electron chi connectivity index (χ1n) is 14.0. The largest absolute Gasteiger partial charge is 0.478 e. The van der Waals surface area contributed by atoms with Crippen LogP contribution in [0.2, 0.25) is 0 Å². The molecule has 0 heterocycles. The number of carboxylic acids is 2. The maximum atomic E-state index is 12.4. The van der Waals surface area contributed by atoms with Gasteiger partial charge in [-0.3, -0.25) is 4.79 Å². The Morgan fingerprint density at radius 3 is 1.16 bits per heavy atom. The predicted molar refractivity (Wildman–Crippen MR) is 200 cm³/mol. The van der Waals surface area contributed by atoms with Crippen LogP contribution in [0.25, 0.3) is 0 Å². The number of hydrogen-bond donors (Lipinski definition) is 3. The molecule has 4 rings (SSSR count). The molecular formula is C28H19Br3F20O6S4. The maximum absolute atomic E-state index is 12.4. The number of carbonyl (C=O) groups is 3. The van der Waals surface area contributed by atoms with E-state index in [2.05, 4.69) is 47.8 Å². The average Bonchev–Trinajstić information content (AvgIpc) is 3.00. The van der Waals surface area contributed by atoms with Gasteiger partial charge in [-0.05, 0) is 78.4 Å². The molecule has 0 bridgehead atoms. The normalized spacial score (nSPS) is 16.7. The number of carboxylic acid groups (broad SMARTS) is 2. The Morgan fingerprint density at radius 1 is 0.459 bits per heavy atom. The molecule has 6 nitrogen and oxygen atoms in total. The summed E-state index contributed by atoms with van der Waals surface area (Å²) in [4.78, 5) is 22.4. The van der Waals surface area contributed by atoms with Gasteiger partial charge in [-0.25, -0.2) is 9.59 Å². The van der Waals surface area contributed by atoms with Crippen molar-refractivity contribution in [3.05, 3.63) is 115 Å². The average molecular weight is 1200 g/mol. The highest BCUT2D eigenvalue weighted by atomic mass is 79.9. The van der Waals surface area contributed by atoms with Crippen molar-refractivity contribution in [3.63, 3.8) is 0 Å². The Balaban J connectivity index is 0.000000407. The van der Waals surface area contributed by atoms with Gasteiger partial charge in [0.1, 0.15) is 25.9 Å². The van der Waals surface area contributed by atoms with Crippen molar-refractivity contribution < 1.29 is 107 Å². The Hall–Kier alpha value is -3.11. The predicted octanol–water partition coefficient (Wildman–Crippen LogP) is 18.4. The SMILES string of the molecule is O=C(O)c1cc(Br)cc(S(F)(F)(F)(F)F)c1.O=C(O)c1cccc(S(F)(F)(F)(F)F)c1.O=Cc1cc(Br)cc(S(F)(F)(F)(F)F)c1.OCc1cc(Br)cc(S(F)(F)(F)(F)F)c1. The van der Waals surface area contributed by atoms with E-state index in [1.807, 2.05) is 0 Å². The lowest BCUT2D eigenvalue weighted by atomic mass is 10.2. The monoisotopic (exact) mass is 1200 g/mol. The van der Waals surface area contributed by atoms with Crippen LogP contribution in [0.5, 0.6) is 0 Å². The zero-order valence-corrected chi connectivity index (χ0v) is 36.2. The molecule has 0 spiro atoms. The lowest BCUT2D eigenvalue weighted by molar-refractivity contribution is 0.0685. The second-order valence-electron chi connectivity index (χ2n) is 11.5. The Kier molecular flexibility index (Phi) is 13.2. The van der Waals surface area contributed by atoms with Crippen molar-refractivity contribution in [1.82, 2.24) is 0 Å². The minimum atomic E-state index is -9.84. The lowest BCUT2D eigenvalue weighted by Crippen LogP contribution is -2.08. The standard InChI is InChI=1S/C7H4BrF5O2S.C7H6BrF5OS.C7H4BrF5OS.C7H5F5O2S/c8-5-1-4(7(14)15)2-6(3-5)16(9,10,11,12)13;2*8-6-1-5(4-14)2-7(3-6)15(9,10,11,12)13;8-15(9,10,11,12)6-3-1-2-5(4-6)7(13)14/h1-3H,(H,14,15);1-3,14H,4H2;1-4H;1-4H,(H,13,14). The third-order valence-electron chi connectivity index (χ3n) is 6.12. The number of aldehydes is 1. The van der Waals surface area contributed by atoms with Crippen molar-refractivity contribution in [3.8, 4) is 0 Å². The summed E-state index contributed by atoms with van der Waals surface area (Å²) in [7, 11) is -39.0. The van der Waals surface area contributed by atoms with E-state index in [-0.39, 0.29) is 67.7 Å². The van der Waals surface area contributed by atoms with Crippen LogP contribution < -0.4 is 0 Å². The van der Waals surface area contributed by atoms with Gasteiger partial charge in [0.2, 0.25) is 0 Å². The summed E-state index contributed by atoms with van der Waals surface area (Å²) in [5.74, 6) is -3.41. The topological polar surface area (TPSA) is 112 Å². The van der Waals surface area contributed by atoms with E-state index in [0.717, 1.165) is 24.3 Å². The molecule has 33 heteroatoms. The Labute approximate surface area is 353 Å². The van der Waals surface area contributed by atoms with Gasteiger partial charge in [-0.15, -0.1) is 0 Å². The zero-order chi connectivity index (χ0) is 48.7. The first-order chi connectivity index (χ1) is 26.0. The highest BCUT2D eigenvalue weighted by Gasteiger charge is 2.68. The molecule has 0 atom stereocenters. The molecule has 0 amide bonds. The molecule has 0 aliphatic carbocycles. The number of hydrogen-bond acceptors (Lipinski definition) is 4. The van der Waals surface area contributed by atoms with Crippen molar-refractivity contribution >= 4 is 107 Å². The fourth-order valence-electron chi connectivity index (χ4n) is 3.59. The molecule has 3 N–H and O–H groups in total. The van der Waals surface area contributed by atoms with Gasteiger partial charge in [-0.1, -0.05) is 132 Å². The van der Waals surface area contributed by atoms with Gasteiger partial charge in [0.15, 0.2) is 0 Å². The Bertz CT molecular complexity index is 2410. The molecule has 4 aromatic rings. The van der Waals surface area contributed by atoms with Crippen molar-refractivity contribution in [1.29, 1.82) is 0 Å². The molecular weight excluding hydrogens is 1180 g/mol. The maximum Gasteiger partial charge on any atom is 0.335 e. The summed E-state index contributed by atoms with van der Waals surface area (Å²) in [5.41, 5.74) is -2.39. The van der Waals surface area contributed by atoms with Crippen molar-refractivity contribution in [2.24, 2.45) is 0 Å². The number of carbonyl (C=O) groups excluding carboxylic acids is 1. The van der Waals surface area contributed by atoms with Gasteiger partial charge in [0, 0.05) is 19.0 Å².